The zero-order chi connectivity index (χ0) is 23.8. The molecule has 4 aliphatic rings. The third-order valence-corrected chi connectivity index (χ3v) is 11.2. The van der Waals surface area contributed by atoms with E-state index in [9.17, 15) is 0 Å². The van der Waals surface area contributed by atoms with Gasteiger partial charge in [-0.05, 0) is 112 Å². The molecule has 0 aromatic heterocycles. The van der Waals surface area contributed by atoms with Crippen molar-refractivity contribution in [2.45, 2.75) is 111 Å². The zero-order valence-corrected chi connectivity index (χ0v) is 23.2. The van der Waals surface area contributed by atoms with Crippen LogP contribution in [0.2, 0.25) is 0 Å². The molecule has 0 N–H and O–H groups in total. The van der Waals surface area contributed by atoms with Crippen LogP contribution in [0.15, 0.2) is 11.6 Å². The Kier molecular flexibility index (Phi) is 8.06. The third-order valence-electron chi connectivity index (χ3n) is 11.2. The molecule has 0 aromatic carbocycles. The Labute approximate surface area is 206 Å². The number of ether oxygens (including phenoxy) is 1. The molecule has 2 unspecified atom stereocenters. The van der Waals surface area contributed by atoms with Gasteiger partial charge in [0.15, 0.2) is 0 Å². The summed E-state index contributed by atoms with van der Waals surface area (Å²) in [6.45, 7) is 14.7. The lowest BCUT2D eigenvalue weighted by molar-refractivity contribution is -0.0644. The SMILES string of the molecule is CC(C)CCC[C@@H](C)[C@H]1CCC2[C@@H]3CC=C4C[C@@H](OCCN(C)C)CC[C@]4(C)C3CC[C@@]21C. The van der Waals surface area contributed by atoms with E-state index in [0.717, 1.165) is 48.7 Å². The van der Waals surface area contributed by atoms with E-state index < -0.39 is 0 Å². The molecular formula is C31H55NO. The molecule has 0 heterocycles. The van der Waals surface area contributed by atoms with Crippen molar-refractivity contribution >= 4 is 0 Å². The van der Waals surface area contributed by atoms with Crippen molar-refractivity contribution in [3.05, 3.63) is 11.6 Å². The Hall–Kier alpha value is -0.340. The number of allylic oxidation sites excluding steroid dienone is 1. The first kappa shape index (κ1) is 25.7. The molecule has 3 saturated carbocycles. The second-order valence-electron chi connectivity index (χ2n) is 13.8. The summed E-state index contributed by atoms with van der Waals surface area (Å²) in [5.74, 6) is 5.57. The minimum absolute atomic E-state index is 0.451. The van der Waals surface area contributed by atoms with Gasteiger partial charge in [-0.1, -0.05) is 65.5 Å². The highest BCUT2D eigenvalue weighted by atomic mass is 16.5. The molecule has 0 bridgehead atoms. The lowest BCUT2D eigenvalue weighted by Crippen LogP contribution is -2.51. The molecule has 190 valence electrons. The summed E-state index contributed by atoms with van der Waals surface area (Å²) in [7, 11) is 4.28. The highest BCUT2D eigenvalue weighted by Crippen LogP contribution is 2.67. The maximum absolute atomic E-state index is 6.31. The van der Waals surface area contributed by atoms with Gasteiger partial charge in [0.1, 0.15) is 0 Å². The van der Waals surface area contributed by atoms with Crippen molar-refractivity contribution in [1.29, 1.82) is 0 Å². The molecule has 4 aliphatic carbocycles. The summed E-state index contributed by atoms with van der Waals surface area (Å²) in [6, 6.07) is 0. The van der Waals surface area contributed by atoms with Gasteiger partial charge in [0.05, 0.1) is 12.7 Å². The van der Waals surface area contributed by atoms with Crippen LogP contribution in [0.1, 0.15) is 105 Å². The van der Waals surface area contributed by atoms with Crippen LogP contribution in [-0.2, 0) is 4.74 Å². The van der Waals surface area contributed by atoms with Crippen LogP contribution in [0.3, 0.4) is 0 Å². The molecule has 33 heavy (non-hydrogen) atoms. The highest BCUT2D eigenvalue weighted by Gasteiger charge is 2.59. The van der Waals surface area contributed by atoms with Gasteiger partial charge in [0.2, 0.25) is 0 Å². The van der Waals surface area contributed by atoms with Crippen molar-refractivity contribution in [3.8, 4) is 0 Å². The van der Waals surface area contributed by atoms with Crippen LogP contribution in [0.5, 0.6) is 0 Å². The largest absolute Gasteiger partial charge is 0.377 e. The number of hydrogen-bond donors (Lipinski definition) is 0. The molecule has 0 aromatic rings. The van der Waals surface area contributed by atoms with E-state index >= 15 is 0 Å². The molecule has 0 spiro atoms. The summed E-state index contributed by atoms with van der Waals surface area (Å²) >= 11 is 0. The maximum atomic E-state index is 6.31. The first-order valence-electron chi connectivity index (χ1n) is 14.6. The molecule has 8 atom stereocenters. The third kappa shape index (κ3) is 5.13. The van der Waals surface area contributed by atoms with Crippen LogP contribution < -0.4 is 0 Å². The first-order valence-corrected chi connectivity index (χ1v) is 14.6. The van der Waals surface area contributed by atoms with Crippen LogP contribution in [0, 0.1) is 46.3 Å². The number of nitrogens with zero attached hydrogens (tertiary/aromatic N) is 1. The number of hydrogen-bond acceptors (Lipinski definition) is 2. The standard InChI is InChI=1S/C31H55NO/c1-22(2)9-8-10-23(3)27-13-14-28-26-12-11-24-21-25(33-20-19-32(6)7)15-17-30(24,4)29(26)16-18-31(27,28)5/h11,22-23,25-29H,8-10,12-21H2,1-7H3/t23-,25+,26+,27-,28?,29?,30+,31-/m1/s1. The topological polar surface area (TPSA) is 12.5 Å². The first-order chi connectivity index (χ1) is 15.6. The summed E-state index contributed by atoms with van der Waals surface area (Å²) in [5, 5.41) is 0. The van der Waals surface area contributed by atoms with Crippen molar-refractivity contribution in [2.24, 2.45) is 46.3 Å². The zero-order valence-electron chi connectivity index (χ0n) is 23.2. The molecule has 0 amide bonds. The summed E-state index contributed by atoms with van der Waals surface area (Å²) < 4.78 is 6.31. The smallest absolute Gasteiger partial charge is 0.0613 e. The van der Waals surface area contributed by atoms with E-state index in [4.69, 9.17) is 4.74 Å². The van der Waals surface area contributed by atoms with Crippen LogP contribution in [-0.4, -0.2) is 38.3 Å². The Morgan fingerprint density at radius 3 is 2.52 bits per heavy atom. The second-order valence-corrected chi connectivity index (χ2v) is 13.8. The Morgan fingerprint density at radius 1 is 1.00 bits per heavy atom. The fourth-order valence-electron chi connectivity index (χ4n) is 9.20. The van der Waals surface area contributed by atoms with Crippen LogP contribution in [0.25, 0.3) is 0 Å². The van der Waals surface area contributed by atoms with E-state index in [0.29, 0.717) is 16.9 Å². The molecular weight excluding hydrogens is 402 g/mol. The van der Waals surface area contributed by atoms with Crippen molar-refractivity contribution in [3.63, 3.8) is 0 Å². The average Bonchev–Trinajstić information content (AvgIpc) is 3.10. The Bertz CT molecular complexity index is 682. The van der Waals surface area contributed by atoms with Crippen LogP contribution in [0.4, 0.5) is 0 Å². The van der Waals surface area contributed by atoms with Gasteiger partial charge in [-0.2, -0.15) is 0 Å². The van der Waals surface area contributed by atoms with E-state index in [2.05, 4.69) is 59.7 Å². The predicted molar refractivity (Wildman–Crippen MR) is 141 cm³/mol. The summed E-state index contributed by atoms with van der Waals surface area (Å²) in [6.07, 6.45) is 18.6. The molecule has 4 rings (SSSR count). The lowest BCUT2D eigenvalue weighted by atomic mass is 9.47. The van der Waals surface area contributed by atoms with E-state index in [1.165, 1.54) is 70.6 Å². The number of fused-ring (bicyclic) bond motifs is 5. The van der Waals surface area contributed by atoms with Gasteiger partial charge in [-0.3, -0.25) is 0 Å². The minimum Gasteiger partial charge on any atom is -0.377 e. The molecule has 0 saturated heterocycles. The Morgan fingerprint density at radius 2 is 1.79 bits per heavy atom. The van der Waals surface area contributed by atoms with Crippen molar-refractivity contribution in [1.82, 2.24) is 4.90 Å². The molecule has 2 heteroatoms. The van der Waals surface area contributed by atoms with Crippen LogP contribution >= 0.6 is 0 Å². The summed E-state index contributed by atoms with van der Waals surface area (Å²) in [4.78, 5) is 2.23. The van der Waals surface area contributed by atoms with Gasteiger partial charge in [0, 0.05) is 6.54 Å². The van der Waals surface area contributed by atoms with Gasteiger partial charge >= 0.3 is 0 Å². The number of likely N-dealkylation sites (N-methyl/N-ethyl adjacent to an activating group) is 1. The van der Waals surface area contributed by atoms with Gasteiger partial charge in [-0.25, -0.2) is 0 Å². The van der Waals surface area contributed by atoms with Crippen molar-refractivity contribution in [2.75, 3.05) is 27.2 Å². The lowest BCUT2D eigenvalue weighted by Gasteiger charge is -2.58. The monoisotopic (exact) mass is 457 g/mol. The fourth-order valence-corrected chi connectivity index (χ4v) is 9.20. The number of rotatable bonds is 9. The van der Waals surface area contributed by atoms with Gasteiger partial charge in [-0.15, -0.1) is 0 Å². The molecule has 0 radical (unpaired) electrons. The summed E-state index contributed by atoms with van der Waals surface area (Å²) in [5.41, 5.74) is 2.82. The average molecular weight is 458 g/mol. The van der Waals surface area contributed by atoms with E-state index in [1.54, 1.807) is 5.57 Å². The predicted octanol–water partition coefficient (Wildman–Crippen LogP) is 7.97. The maximum Gasteiger partial charge on any atom is 0.0613 e. The van der Waals surface area contributed by atoms with Gasteiger partial charge in [0.25, 0.3) is 0 Å². The molecule has 0 aliphatic heterocycles. The molecule has 3 fully saturated rings. The van der Waals surface area contributed by atoms with E-state index in [-0.39, 0.29) is 0 Å². The minimum atomic E-state index is 0.451. The van der Waals surface area contributed by atoms with Crippen molar-refractivity contribution < 1.29 is 4.74 Å². The van der Waals surface area contributed by atoms with Gasteiger partial charge < -0.3 is 9.64 Å². The highest BCUT2D eigenvalue weighted by molar-refractivity contribution is 5.25. The second kappa shape index (κ2) is 10.3. The quantitative estimate of drug-likeness (QED) is 0.325. The Balaban J connectivity index is 1.41. The molecule has 2 nitrogen and oxygen atoms in total. The fraction of sp³-hybridized carbons (Fsp3) is 0.935. The van der Waals surface area contributed by atoms with E-state index in [1.807, 2.05) is 0 Å². The normalized spacial score (nSPS) is 41.5.